The minimum absolute atomic E-state index is 0.0857. The summed E-state index contributed by atoms with van der Waals surface area (Å²) in [5.74, 6) is 0. The molecule has 2 rings (SSSR count). The van der Waals surface area contributed by atoms with Crippen LogP contribution in [0.2, 0.25) is 0 Å². The second kappa shape index (κ2) is 3.57. The van der Waals surface area contributed by atoms with Crippen LogP contribution in [0, 0.1) is 0 Å². The average molecular weight is 259 g/mol. The molecule has 0 radical (unpaired) electrons. The van der Waals surface area contributed by atoms with Gasteiger partial charge in [-0.25, -0.2) is 18.7 Å². The predicted molar refractivity (Wildman–Crippen MR) is 52.2 cm³/mol. The Kier molecular flexibility index (Phi) is 2.41. The van der Waals surface area contributed by atoms with Crippen molar-refractivity contribution in [2.24, 2.45) is 0 Å². The van der Waals surface area contributed by atoms with E-state index in [1.807, 2.05) is 0 Å². The fourth-order valence-electron chi connectivity index (χ4n) is 1.13. The summed E-state index contributed by atoms with van der Waals surface area (Å²) in [6.45, 7) is 0. The van der Waals surface area contributed by atoms with E-state index in [-0.39, 0.29) is 5.56 Å². The summed E-state index contributed by atoms with van der Waals surface area (Å²) in [5.41, 5.74) is 0.384. The molecule has 72 valence electrons. The van der Waals surface area contributed by atoms with E-state index in [0.717, 1.165) is 10.7 Å². The number of fused-ring (bicyclic) bond motifs is 1. The van der Waals surface area contributed by atoms with Crippen LogP contribution in [0.15, 0.2) is 29.0 Å². The van der Waals surface area contributed by atoms with Crippen molar-refractivity contribution in [2.75, 3.05) is 0 Å². The van der Waals surface area contributed by atoms with Gasteiger partial charge in [0.15, 0.2) is 5.65 Å². The Morgan fingerprint density at radius 1 is 1.14 bits per heavy atom. The summed E-state index contributed by atoms with van der Waals surface area (Å²) >= 11 is 3.22. The molecular formula is C9H5BrF2N2. The molecule has 5 heteroatoms. The van der Waals surface area contributed by atoms with Crippen LogP contribution in [0.4, 0.5) is 8.78 Å². The average Bonchev–Trinajstić information content (AvgIpc) is 2.16. The third kappa shape index (κ3) is 1.72. The Bertz CT molecular complexity index is 473. The monoisotopic (exact) mass is 258 g/mol. The number of alkyl halides is 2. The van der Waals surface area contributed by atoms with E-state index in [4.69, 9.17) is 0 Å². The van der Waals surface area contributed by atoms with Crippen molar-refractivity contribution >= 4 is 27.0 Å². The minimum Gasteiger partial charge on any atom is -0.236 e. The SMILES string of the molecule is FC(F)c1cnc2ncc(Br)cc2c1. The van der Waals surface area contributed by atoms with Gasteiger partial charge in [-0.05, 0) is 28.1 Å². The molecule has 2 aromatic heterocycles. The Labute approximate surface area is 87.1 Å². The molecule has 0 aromatic carbocycles. The molecule has 0 unspecified atom stereocenters. The fraction of sp³-hybridized carbons (Fsp3) is 0.111. The first kappa shape index (κ1) is 9.45. The van der Waals surface area contributed by atoms with E-state index < -0.39 is 6.43 Å². The molecule has 0 bridgehead atoms. The topological polar surface area (TPSA) is 25.8 Å². The maximum atomic E-state index is 12.3. The Morgan fingerprint density at radius 3 is 2.57 bits per heavy atom. The smallest absolute Gasteiger partial charge is 0.236 e. The van der Waals surface area contributed by atoms with E-state index in [1.54, 1.807) is 12.3 Å². The lowest BCUT2D eigenvalue weighted by Crippen LogP contribution is -1.89. The Balaban J connectivity index is 2.63. The number of halogens is 3. The number of pyridine rings is 2. The van der Waals surface area contributed by atoms with Gasteiger partial charge in [-0.3, -0.25) is 0 Å². The first-order valence-electron chi connectivity index (χ1n) is 3.86. The maximum Gasteiger partial charge on any atom is 0.265 e. The molecule has 2 nitrogen and oxygen atoms in total. The zero-order chi connectivity index (χ0) is 10.1. The number of hydrogen-bond acceptors (Lipinski definition) is 2. The fourth-order valence-corrected chi connectivity index (χ4v) is 1.48. The molecule has 0 atom stereocenters. The van der Waals surface area contributed by atoms with Crippen LogP contribution in [0.5, 0.6) is 0 Å². The van der Waals surface area contributed by atoms with Crippen LogP contribution >= 0.6 is 15.9 Å². The third-order valence-corrected chi connectivity index (χ3v) is 2.21. The molecule has 0 aliphatic rings. The van der Waals surface area contributed by atoms with Crippen molar-refractivity contribution < 1.29 is 8.78 Å². The van der Waals surface area contributed by atoms with E-state index in [1.165, 1.54) is 6.07 Å². The van der Waals surface area contributed by atoms with Gasteiger partial charge < -0.3 is 0 Å². The quantitative estimate of drug-likeness (QED) is 0.784. The molecule has 0 N–H and O–H groups in total. The number of hydrogen-bond donors (Lipinski definition) is 0. The van der Waals surface area contributed by atoms with E-state index >= 15 is 0 Å². The van der Waals surface area contributed by atoms with Gasteiger partial charge in [0.2, 0.25) is 0 Å². The molecule has 2 heterocycles. The summed E-state index contributed by atoms with van der Waals surface area (Å²) in [7, 11) is 0. The minimum atomic E-state index is -2.49. The molecule has 14 heavy (non-hydrogen) atoms. The van der Waals surface area contributed by atoms with Crippen molar-refractivity contribution in [3.8, 4) is 0 Å². The number of nitrogens with zero attached hydrogens (tertiary/aromatic N) is 2. The second-order valence-corrected chi connectivity index (χ2v) is 3.69. The van der Waals surface area contributed by atoms with Gasteiger partial charge in [0, 0.05) is 27.8 Å². The van der Waals surface area contributed by atoms with Gasteiger partial charge >= 0.3 is 0 Å². The maximum absolute atomic E-state index is 12.3. The highest BCUT2D eigenvalue weighted by atomic mass is 79.9. The number of aromatic nitrogens is 2. The first-order chi connectivity index (χ1) is 6.66. The van der Waals surface area contributed by atoms with Crippen LogP contribution in [-0.2, 0) is 0 Å². The van der Waals surface area contributed by atoms with E-state index in [9.17, 15) is 8.78 Å². The molecule has 0 aliphatic carbocycles. The highest BCUT2D eigenvalue weighted by molar-refractivity contribution is 9.10. The predicted octanol–water partition coefficient (Wildman–Crippen LogP) is 3.33. The number of rotatable bonds is 1. The largest absolute Gasteiger partial charge is 0.265 e. The summed E-state index contributed by atoms with van der Waals surface area (Å²) in [4.78, 5) is 7.81. The van der Waals surface area contributed by atoms with Gasteiger partial charge in [-0.1, -0.05) is 0 Å². The molecule has 0 saturated heterocycles. The molecule has 0 fully saturated rings. The molecular weight excluding hydrogens is 254 g/mol. The van der Waals surface area contributed by atoms with Gasteiger partial charge in [-0.2, -0.15) is 0 Å². The lowest BCUT2D eigenvalue weighted by molar-refractivity contribution is 0.151. The standard InChI is InChI=1S/C9H5BrF2N2/c10-7-2-5-1-6(8(11)12)3-13-9(5)14-4-7/h1-4,8H. The van der Waals surface area contributed by atoms with Crippen molar-refractivity contribution in [1.82, 2.24) is 9.97 Å². The van der Waals surface area contributed by atoms with Gasteiger partial charge in [0.1, 0.15) is 0 Å². The van der Waals surface area contributed by atoms with Crippen molar-refractivity contribution in [2.45, 2.75) is 6.43 Å². The van der Waals surface area contributed by atoms with Crippen LogP contribution in [0.1, 0.15) is 12.0 Å². The molecule has 0 saturated carbocycles. The molecule has 2 aromatic rings. The zero-order valence-corrected chi connectivity index (χ0v) is 8.50. The second-order valence-electron chi connectivity index (χ2n) is 2.77. The summed E-state index contributed by atoms with van der Waals surface area (Å²) < 4.78 is 25.4. The van der Waals surface area contributed by atoms with Gasteiger partial charge in [0.25, 0.3) is 6.43 Å². The van der Waals surface area contributed by atoms with Crippen molar-refractivity contribution in [3.05, 3.63) is 34.6 Å². The van der Waals surface area contributed by atoms with E-state index in [0.29, 0.717) is 11.0 Å². The van der Waals surface area contributed by atoms with Crippen LogP contribution in [0.3, 0.4) is 0 Å². The lowest BCUT2D eigenvalue weighted by atomic mass is 10.2. The molecule has 0 amide bonds. The first-order valence-corrected chi connectivity index (χ1v) is 4.65. The molecule has 0 aliphatic heterocycles. The summed E-state index contributed by atoms with van der Waals surface area (Å²) in [6.07, 6.45) is 0.233. The highest BCUT2D eigenvalue weighted by Crippen LogP contribution is 2.22. The van der Waals surface area contributed by atoms with E-state index in [2.05, 4.69) is 25.9 Å². The van der Waals surface area contributed by atoms with Gasteiger partial charge in [-0.15, -0.1) is 0 Å². The van der Waals surface area contributed by atoms with Gasteiger partial charge in [0.05, 0.1) is 0 Å². The summed E-state index contributed by atoms with van der Waals surface area (Å²) in [6, 6.07) is 3.10. The molecule has 0 spiro atoms. The van der Waals surface area contributed by atoms with Crippen LogP contribution in [-0.4, -0.2) is 9.97 Å². The van der Waals surface area contributed by atoms with Crippen molar-refractivity contribution in [3.63, 3.8) is 0 Å². The summed E-state index contributed by atoms with van der Waals surface area (Å²) in [5, 5.41) is 0.608. The lowest BCUT2D eigenvalue weighted by Gasteiger charge is -2.01. The Hall–Kier alpha value is -1.10. The zero-order valence-electron chi connectivity index (χ0n) is 6.92. The van der Waals surface area contributed by atoms with Crippen LogP contribution < -0.4 is 0 Å². The van der Waals surface area contributed by atoms with Crippen LogP contribution in [0.25, 0.3) is 11.0 Å². The van der Waals surface area contributed by atoms with Crippen molar-refractivity contribution in [1.29, 1.82) is 0 Å². The third-order valence-electron chi connectivity index (χ3n) is 1.77. The Morgan fingerprint density at radius 2 is 1.86 bits per heavy atom. The normalized spacial score (nSPS) is 11.1. The highest BCUT2D eigenvalue weighted by Gasteiger charge is 2.08.